The number of amides is 1. The summed E-state index contributed by atoms with van der Waals surface area (Å²) in [5, 5.41) is 3.15. The average Bonchev–Trinajstić information content (AvgIpc) is 2.81. The van der Waals surface area contributed by atoms with E-state index < -0.39 is 6.04 Å². The minimum atomic E-state index is -0.575. The van der Waals surface area contributed by atoms with Crippen molar-refractivity contribution in [1.82, 2.24) is 4.98 Å². The monoisotopic (exact) mass is 293 g/mol. The van der Waals surface area contributed by atoms with Crippen molar-refractivity contribution in [3.05, 3.63) is 46.2 Å². The summed E-state index contributed by atoms with van der Waals surface area (Å²) in [4.78, 5) is 16.5. The molecule has 106 valence electrons. The smallest absolute Gasteiger partial charge is 0.242 e. The fraction of sp³-hybridized carbons (Fsp3) is 0.286. The zero-order valence-electron chi connectivity index (χ0n) is 11.3. The van der Waals surface area contributed by atoms with E-state index >= 15 is 0 Å². The van der Waals surface area contributed by atoms with Crippen LogP contribution >= 0.6 is 11.3 Å². The summed E-state index contributed by atoms with van der Waals surface area (Å²) in [7, 11) is 0. The van der Waals surface area contributed by atoms with Gasteiger partial charge in [0, 0.05) is 17.5 Å². The lowest BCUT2D eigenvalue weighted by Gasteiger charge is -2.03. The molecule has 1 aromatic heterocycles. The molecule has 0 aliphatic carbocycles. The molecule has 0 spiro atoms. The highest BCUT2D eigenvalue weighted by Gasteiger charge is 2.10. The molecule has 2 rings (SSSR count). The average molecular weight is 293 g/mol. The van der Waals surface area contributed by atoms with Gasteiger partial charge in [-0.3, -0.25) is 4.79 Å². The van der Waals surface area contributed by atoms with Gasteiger partial charge < -0.3 is 11.1 Å². The number of aryl methyl sites for hydroxylation is 1. The maximum absolute atomic E-state index is 13.5. The van der Waals surface area contributed by atoms with Crippen molar-refractivity contribution in [3.63, 3.8) is 0 Å². The summed E-state index contributed by atoms with van der Waals surface area (Å²) < 4.78 is 13.5. The Balaban J connectivity index is 2.05. The predicted octanol–water partition coefficient (Wildman–Crippen LogP) is 2.47. The molecule has 1 amide bonds. The molecule has 2 aromatic rings. The van der Waals surface area contributed by atoms with Crippen molar-refractivity contribution in [1.29, 1.82) is 0 Å². The number of thiazole rings is 1. The van der Waals surface area contributed by atoms with E-state index in [1.165, 1.54) is 17.4 Å². The van der Waals surface area contributed by atoms with Crippen molar-refractivity contribution in [2.75, 3.05) is 5.32 Å². The Hall–Kier alpha value is -1.79. The lowest BCUT2D eigenvalue weighted by atomic mass is 10.1. The molecule has 1 atom stereocenters. The van der Waals surface area contributed by atoms with Gasteiger partial charge in [-0.05, 0) is 31.0 Å². The Labute approximate surface area is 120 Å². The number of rotatable bonds is 4. The number of nitrogens with zero attached hydrogens (tertiary/aromatic N) is 1. The summed E-state index contributed by atoms with van der Waals surface area (Å²) in [6.07, 6.45) is 2.27. The summed E-state index contributed by atoms with van der Waals surface area (Å²) in [5.41, 5.74) is 6.97. The number of halogens is 1. The number of carbonyl (C=O) groups is 1. The molecule has 1 heterocycles. The van der Waals surface area contributed by atoms with E-state index in [1.807, 2.05) is 6.07 Å². The van der Waals surface area contributed by atoms with E-state index in [9.17, 15) is 9.18 Å². The van der Waals surface area contributed by atoms with Gasteiger partial charge in [-0.15, -0.1) is 11.3 Å². The molecule has 0 unspecified atom stereocenters. The van der Waals surface area contributed by atoms with E-state index in [4.69, 9.17) is 5.73 Å². The maximum Gasteiger partial charge on any atom is 0.242 e. The zero-order chi connectivity index (χ0) is 14.7. The molecule has 1 aromatic carbocycles. The van der Waals surface area contributed by atoms with Crippen LogP contribution in [0.4, 0.5) is 9.52 Å². The molecule has 4 nitrogen and oxygen atoms in total. The molecular formula is C14H16FN3OS. The van der Waals surface area contributed by atoms with Gasteiger partial charge in [0.15, 0.2) is 5.13 Å². The van der Waals surface area contributed by atoms with Gasteiger partial charge in [0.2, 0.25) is 5.91 Å². The fourth-order valence-electron chi connectivity index (χ4n) is 1.61. The van der Waals surface area contributed by atoms with Gasteiger partial charge in [-0.1, -0.05) is 12.1 Å². The second-order valence-corrected chi connectivity index (χ2v) is 5.79. The van der Waals surface area contributed by atoms with Crippen LogP contribution in [0.3, 0.4) is 0 Å². The number of hydrogen-bond donors (Lipinski definition) is 2. The Morgan fingerprint density at radius 2 is 2.30 bits per heavy atom. The Morgan fingerprint density at radius 3 is 2.95 bits per heavy atom. The van der Waals surface area contributed by atoms with E-state index in [0.29, 0.717) is 17.1 Å². The highest BCUT2D eigenvalue weighted by Crippen LogP contribution is 2.22. The fourth-order valence-corrected chi connectivity index (χ4v) is 2.46. The van der Waals surface area contributed by atoms with Crippen LogP contribution in [0, 0.1) is 12.7 Å². The lowest BCUT2D eigenvalue weighted by molar-refractivity contribution is -0.117. The molecule has 0 aliphatic rings. The van der Waals surface area contributed by atoms with E-state index in [-0.39, 0.29) is 11.7 Å². The first-order valence-corrected chi connectivity index (χ1v) is 7.03. The highest BCUT2D eigenvalue weighted by atomic mass is 32.1. The molecule has 0 bridgehead atoms. The van der Waals surface area contributed by atoms with Crippen molar-refractivity contribution in [2.24, 2.45) is 5.73 Å². The molecule has 0 saturated carbocycles. The number of benzene rings is 1. The van der Waals surface area contributed by atoms with Crippen LogP contribution in [-0.4, -0.2) is 16.9 Å². The first-order valence-electron chi connectivity index (χ1n) is 6.22. The minimum absolute atomic E-state index is 0.211. The normalized spacial score (nSPS) is 12.2. The molecule has 3 N–H and O–H groups in total. The van der Waals surface area contributed by atoms with Gasteiger partial charge in [0.05, 0.1) is 6.04 Å². The Kier molecular flexibility index (Phi) is 4.46. The van der Waals surface area contributed by atoms with E-state index in [0.717, 1.165) is 10.4 Å². The van der Waals surface area contributed by atoms with Gasteiger partial charge in [0.1, 0.15) is 5.82 Å². The number of hydrogen-bond acceptors (Lipinski definition) is 4. The molecule has 20 heavy (non-hydrogen) atoms. The van der Waals surface area contributed by atoms with Crippen LogP contribution in [0.2, 0.25) is 0 Å². The number of carbonyl (C=O) groups excluding carboxylic acids is 1. The number of nitrogens with one attached hydrogen (secondary N) is 1. The van der Waals surface area contributed by atoms with Crippen LogP contribution in [0.1, 0.15) is 22.9 Å². The molecule has 0 radical (unpaired) electrons. The van der Waals surface area contributed by atoms with E-state index in [1.54, 1.807) is 26.1 Å². The second-order valence-electron chi connectivity index (χ2n) is 4.67. The second kappa shape index (κ2) is 6.11. The molecular weight excluding hydrogens is 277 g/mol. The van der Waals surface area contributed by atoms with Gasteiger partial charge in [-0.25, -0.2) is 9.37 Å². The van der Waals surface area contributed by atoms with Crippen LogP contribution in [0.15, 0.2) is 24.4 Å². The molecule has 6 heteroatoms. The summed E-state index contributed by atoms with van der Waals surface area (Å²) in [6.45, 7) is 3.34. The number of aromatic nitrogens is 1. The summed E-state index contributed by atoms with van der Waals surface area (Å²) in [6, 6.07) is 4.59. The maximum atomic E-state index is 13.5. The number of nitrogens with two attached hydrogens (primary N) is 1. The van der Waals surface area contributed by atoms with Crippen molar-refractivity contribution in [3.8, 4) is 0 Å². The van der Waals surface area contributed by atoms with Crippen molar-refractivity contribution in [2.45, 2.75) is 26.3 Å². The van der Waals surface area contributed by atoms with Crippen molar-refractivity contribution < 1.29 is 9.18 Å². The molecule has 0 fully saturated rings. The van der Waals surface area contributed by atoms with Gasteiger partial charge in [-0.2, -0.15) is 0 Å². The topological polar surface area (TPSA) is 68.0 Å². The van der Waals surface area contributed by atoms with E-state index in [2.05, 4.69) is 10.3 Å². The predicted molar refractivity (Wildman–Crippen MR) is 78.3 cm³/mol. The Bertz CT molecular complexity index is 625. The van der Waals surface area contributed by atoms with Crippen LogP contribution < -0.4 is 11.1 Å². The third-order valence-electron chi connectivity index (χ3n) is 2.81. The first-order chi connectivity index (χ1) is 9.45. The minimum Gasteiger partial charge on any atom is -0.320 e. The van der Waals surface area contributed by atoms with Crippen LogP contribution in [-0.2, 0) is 11.2 Å². The third-order valence-corrected chi connectivity index (χ3v) is 3.72. The van der Waals surface area contributed by atoms with Crippen LogP contribution in [0.25, 0.3) is 0 Å². The SMILES string of the molecule is Cc1ccc(Cc2cnc(NC(=O)[C@H](C)N)s2)cc1F. The van der Waals surface area contributed by atoms with Gasteiger partial charge >= 0.3 is 0 Å². The molecule has 0 aliphatic heterocycles. The quantitative estimate of drug-likeness (QED) is 0.910. The standard InChI is InChI=1S/C14H16FN3OS/c1-8-3-4-10(6-12(8)15)5-11-7-17-14(20-11)18-13(19)9(2)16/h3-4,6-7,9H,5,16H2,1-2H3,(H,17,18,19)/t9-/m0/s1. The summed E-state index contributed by atoms with van der Waals surface area (Å²) >= 11 is 1.36. The van der Waals surface area contributed by atoms with Gasteiger partial charge in [0.25, 0.3) is 0 Å². The highest BCUT2D eigenvalue weighted by molar-refractivity contribution is 7.15. The van der Waals surface area contributed by atoms with Crippen LogP contribution in [0.5, 0.6) is 0 Å². The van der Waals surface area contributed by atoms with Crippen molar-refractivity contribution >= 4 is 22.4 Å². The first kappa shape index (κ1) is 14.6. The Morgan fingerprint density at radius 1 is 1.55 bits per heavy atom. The number of anilines is 1. The lowest BCUT2D eigenvalue weighted by Crippen LogP contribution is -2.32. The largest absolute Gasteiger partial charge is 0.320 e. The molecule has 0 saturated heterocycles. The third kappa shape index (κ3) is 3.61. The zero-order valence-corrected chi connectivity index (χ0v) is 12.1. The summed E-state index contributed by atoms with van der Waals surface area (Å²) in [5.74, 6) is -0.482.